The third-order valence-corrected chi connectivity index (χ3v) is 5.12. The van der Waals surface area contributed by atoms with Gasteiger partial charge in [-0.3, -0.25) is 9.59 Å². The normalized spacial score (nSPS) is 13.2. The molecule has 6 nitrogen and oxygen atoms in total. The Hall–Kier alpha value is -3.80. The van der Waals surface area contributed by atoms with E-state index in [0.29, 0.717) is 42.4 Å². The van der Waals surface area contributed by atoms with Crippen LogP contribution in [0, 0.1) is 6.92 Å². The van der Waals surface area contributed by atoms with E-state index < -0.39 is 6.04 Å². The topological polar surface area (TPSA) is 76.7 Å². The first kappa shape index (κ1) is 20.5. The maximum absolute atomic E-state index is 13.2. The van der Waals surface area contributed by atoms with Crippen LogP contribution < -0.4 is 20.1 Å². The highest BCUT2D eigenvalue weighted by Gasteiger charge is 2.25. The molecule has 1 aliphatic rings. The Morgan fingerprint density at radius 3 is 2.45 bits per heavy atom. The molecular formula is C25H24N2O4. The van der Waals surface area contributed by atoms with Crippen LogP contribution in [-0.2, 0) is 11.2 Å². The largest absolute Gasteiger partial charge is 0.486 e. The molecule has 1 atom stereocenters. The van der Waals surface area contributed by atoms with Gasteiger partial charge in [0.25, 0.3) is 5.91 Å². The van der Waals surface area contributed by atoms with Gasteiger partial charge in [-0.2, -0.15) is 0 Å². The zero-order valence-corrected chi connectivity index (χ0v) is 17.3. The van der Waals surface area contributed by atoms with Crippen molar-refractivity contribution in [2.75, 3.05) is 18.5 Å². The number of benzene rings is 3. The Balaban J connectivity index is 1.57. The van der Waals surface area contributed by atoms with E-state index >= 15 is 0 Å². The molecule has 1 heterocycles. The van der Waals surface area contributed by atoms with Gasteiger partial charge in [-0.15, -0.1) is 0 Å². The number of ether oxygens (including phenoxy) is 2. The van der Waals surface area contributed by atoms with E-state index in [-0.39, 0.29) is 11.8 Å². The van der Waals surface area contributed by atoms with Gasteiger partial charge in [-0.1, -0.05) is 54.6 Å². The number of hydrogen-bond acceptors (Lipinski definition) is 4. The van der Waals surface area contributed by atoms with E-state index in [0.717, 1.165) is 11.1 Å². The van der Waals surface area contributed by atoms with E-state index in [4.69, 9.17) is 9.47 Å². The fourth-order valence-electron chi connectivity index (χ4n) is 3.51. The molecule has 0 bridgehead atoms. The van der Waals surface area contributed by atoms with E-state index in [1.165, 1.54) is 0 Å². The first-order chi connectivity index (χ1) is 15.1. The maximum atomic E-state index is 13.2. The lowest BCUT2D eigenvalue weighted by Crippen LogP contribution is -2.45. The summed E-state index contributed by atoms with van der Waals surface area (Å²) in [5, 5.41) is 5.80. The molecule has 3 aromatic carbocycles. The van der Waals surface area contributed by atoms with E-state index in [2.05, 4.69) is 10.6 Å². The summed E-state index contributed by atoms with van der Waals surface area (Å²) in [6, 6.07) is 21.5. The van der Waals surface area contributed by atoms with Gasteiger partial charge >= 0.3 is 0 Å². The molecule has 3 aromatic rings. The molecule has 6 heteroatoms. The number of rotatable bonds is 6. The third-order valence-electron chi connectivity index (χ3n) is 5.12. The Kier molecular flexibility index (Phi) is 6.17. The fourth-order valence-corrected chi connectivity index (χ4v) is 3.51. The van der Waals surface area contributed by atoms with Crippen LogP contribution in [0.3, 0.4) is 0 Å². The van der Waals surface area contributed by atoms with Crippen LogP contribution >= 0.6 is 0 Å². The summed E-state index contributed by atoms with van der Waals surface area (Å²) in [7, 11) is 0. The van der Waals surface area contributed by atoms with Gasteiger partial charge in [0.2, 0.25) is 5.91 Å². The summed E-state index contributed by atoms with van der Waals surface area (Å²) < 4.78 is 11.3. The van der Waals surface area contributed by atoms with Crippen molar-refractivity contribution in [1.29, 1.82) is 0 Å². The van der Waals surface area contributed by atoms with Gasteiger partial charge in [0, 0.05) is 12.0 Å². The minimum absolute atomic E-state index is 0.288. The smallest absolute Gasteiger partial charge is 0.252 e. The first-order valence-corrected chi connectivity index (χ1v) is 10.2. The number of carbonyl (C=O) groups is 2. The summed E-state index contributed by atoms with van der Waals surface area (Å²) in [4.78, 5) is 26.2. The molecule has 0 saturated carbocycles. The highest BCUT2D eigenvalue weighted by atomic mass is 16.6. The zero-order valence-electron chi connectivity index (χ0n) is 17.3. The number of carbonyl (C=O) groups excluding carboxylic acids is 2. The van der Waals surface area contributed by atoms with Crippen LogP contribution in [0.4, 0.5) is 5.69 Å². The van der Waals surface area contributed by atoms with Crippen LogP contribution in [0.25, 0.3) is 0 Å². The van der Waals surface area contributed by atoms with Gasteiger partial charge in [-0.25, -0.2) is 0 Å². The van der Waals surface area contributed by atoms with Crippen molar-refractivity contribution in [3.05, 3.63) is 89.5 Å². The molecule has 1 unspecified atom stereocenters. The monoisotopic (exact) mass is 416 g/mol. The standard InChI is InChI=1S/C25H24N2O4/c1-17-8-5-6-11-19(17)24(28)27-21(16-18-9-3-2-4-10-18)25(29)26-20-12-7-13-22-23(20)31-15-14-30-22/h2-13,21H,14-16H2,1H3,(H,26,29)(H,27,28). The van der Waals surface area contributed by atoms with Gasteiger partial charge < -0.3 is 20.1 Å². The summed E-state index contributed by atoms with van der Waals surface area (Å²) in [5.41, 5.74) is 2.86. The maximum Gasteiger partial charge on any atom is 0.252 e. The summed E-state index contributed by atoms with van der Waals surface area (Å²) in [6.45, 7) is 2.75. The van der Waals surface area contributed by atoms with Crippen molar-refractivity contribution in [2.24, 2.45) is 0 Å². The molecule has 0 radical (unpaired) electrons. The van der Waals surface area contributed by atoms with Gasteiger partial charge in [-0.05, 0) is 36.2 Å². The molecule has 0 aromatic heterocycles. The number of hydrogen-bond donors (Lipinski definition) is 2. The predicted molar refractivity (Wildman–Crippen MR) is 119 cm³/mol. The molecule has 2 amide bonds. The Bertz CT molecular complexity index is 1080. The number of amides is 2. The van der Waals surface area contributed by atoms with Crippen molar-refractivity contribution in [2.45, 2.75) is 19.4 Å². The average molecular weight is 416 g/mol. The van der Waals surface area contributed by atoms with Gasteiger partial charge in [0.15, 0.2) is 11.5 Å². The van der Waals surface area contributed by atoms with Crippen molar-refractivity contribution in [3.63, 3.8) is 0 Å². The summed E-state index contributed by atoms with van der Waals surface area (Å²) in [6.07, 6.45) is 0.358. The third kappa shape index (κ3) is 4.86. The molecule has 2 N–H and O–H groups in total. The fraction of sp³-hybridized carbons (Fsp3) is 0.200. The van der Waals surface area contributed by atoms with Crippen molar-refractivity contribution in [3.8, 4) is 11.5 Å². The quantitative estimate of drug-likeness (QED) is 0.642. The van der Waals surface area contributed by atoms with E-state index in [9.17, 15) is 9.59 Å². The van der Waals surface area contributed by atoms with Crippen molar-refractivity contribution < 1.29 is 19.1 Å². The Morgan fingerprint density at radius 2 is 1.65 bits per heavy atom. The Labute approximate surface area is 181 Å². The van der Waals surface area contributed by atoms with Crippen LogP contribution in [-0.4, -0.2) is 31.1 Å². The molecule has 1 aliphatic heterocycles. The lowest BCUT2D eigenvalue weighted by molar-refractivity contribution is -0.118. The van der Waals surface area contributed by atoms with E-state index in [1.807, 2.05) is 55.5 Å². The lowest BCUT2D eigenvalue weighted by atomic mass is 10.0. The molecule has 0 fully saturated rings. The van der Waals surface area contributed by atoms with Crippen molar-refractivity contribution in [1.82, 2.24) is 5.32 Å². The molecule has 0 aliphatic carbocycles. The SMILES string of the molecule is Cc1ccccc1C(=O)NC(Cc1ccccc1)C(=O)Nc1cccc2c1OCCO2. The second-order valence-electron chi connectivity index (χ2n) is 7.35. The van der Waals surface area contributed by atoms with Gasteiger partial charge in [0.05, 0.1) is 5.69 Å². The molecule has 0 spiro atoms. The molecule has 158 valence electrons. The predicted octanol–water partition coefficient (Wildman–Crippen LogP) is 3.75. The number of fused-ring (bicyclic) bond motifs is 1. The summed E-state index contributed by atoms with van der Waals surface area (Å²) >= 11 is 0. The second-order valence-corrected chi connectivity index (χ2v) is 7.35. The number of para-hydroxylation sites is 1. The molecule has 0 saturated heterocycles. The number of anilines is 1. The molecule has 4 rings (SSSR count). The highest BCUT2D eigenvalue weighted by molar-refractivity contribution is 6.02. The second kappa shape index (κ2) is 9.34. The highest BCUT2D eigenvalue weighted by Crippen LogP contribution is 2.37. The van der Waals surface area contributed by atoms with Crippen LogP contribution in [0.1, 0.15) is 21.5 Å². The van der Waals surface area contributed by atoms with Crippen molar-refractivity contribution >= 4 is 17.5 Å². The van der Waals surface area contributed by atoms with E-state index in [1.54, 1.807) is 24.3 Å². The zero-order chi connectivity index (χ0) is 21.6. The Morgan fingerprint density at radius 1 is 0.903 bits per heavy atom. The number of aryl methyl sites for hydroxylation is 1. The first-order valence-electron chi connectivity index (χ1n) is 10.2. The van der Waals surface area contributed by atoms with Crippen LogP contribution in [0.15, 0.2) is 72.8 Å². The number of nitrogens with one attached hydrogen (secondary N) is 2. The minimum Gasteiger partial charge on any atom is -0.486 e. The minimum atomic E-state index is -0.769. The lowest BCUT2D eigenvalue weighted by Gasteiger charge is -2.23. The van der Waals surface area contributed by atoms with Crippen LogP contribution in [0.5, 0.6) is 11.5 Å². The van der Waals surface area contributed by atoms with Gasteiger partial charge in [0.1, 0.15) is 19.3 Å². The van der Waals surface area contributed by atoms with Crippen LogP contribution in [0.2, 0.25) is 0 Å². The summed E-state index contributed by atoms with van der Waals surface area (Å²) in [5.74, 6) is 0.482. The molecule has 31 heavy (non-hydrogen) atoms. The average Bonchev–Trinajstić information content (AvgIpc) is 2.80. The molecular weight excluding hydrogens is 392 g/mol.